The Labute approximate surface area is 99.8 Å². The van der Waals surface area contributed by atoms with Gasteiger partial charge in [-0.25, -0.2) is 13.2 Å². The number of nitrogens with zero attached hydrogens (tertiary/aromatic N) is 1. The van der Waals surface area contributed by atoms with Crippen LogP contribution in [0.1, 0.15) is 19.8 Å². The lowest BCUT2D eigenvalue weighted by Crippen LogP contribution is -2.47. The third-order valence-corrected chi connectivity index (χ3v) is 4.55. The topological polar surface area (TPSA) is 104 Å². The molecule has 0 saturated heterocycles. The monoisotopic (exact) mass is 264 g/mol. The number of carboxylic acid groups (broad SMARTS) is 1. The van der Waals surface area contributed by atoms with E-state index in [9.17, 15) is 18.0 Å². The molecule has 0 heterocycles. The van der Waals surface area contributed by atoms with Crippen LogP contribution in [-0.2, 0) is 19.6 Å². The van der Waals surface area contributed by atoms with Crippen molar-refractivity contribution in [2.75, 3.05) is 19.3 Å². The summed E-state index contributed by atoms with van der Waals surface area (Å²) in [7, 11) is -2.13. The van der Waals surface area contributed by atoms with Gasteiger partial charge in [0.25, 0.3) is 0 Å². The van der Waals surface area contributed by atoms with Crippen LogP contribution in [-0.4, -0.2) is 54.6 Å². The largest absolute Gasteiger partial charge is 0.480 e. The van der Waals surface area contributed by atoms with E-state index in [4.69, 9.17) is 5.11 Å². The third kappa shape index (κ3) is 3.16. The van der Waals surface area contributed by atoms with Gasteiger partial charge in [-0.3, -0.25) is 4.79 Å². The fraction of sp³-hybridized carbons (Fsp3) is 0.778. The zero-order valence-electron chi connectivity index (χ0n) is 9.76. The lowest BCUT2D eigenvalue weighted by molar-refractivity contribution is -0.143. The number of aliphatic carboxylic acids is 1. The van der Waals surface area contributed by atoms with Gasteiger partial charge in [-0.1, -0.05) is 0 Å². The molecule has 17 heavy (non-hydrogen) atoms. The van der Waals surface area contributed by atoms with E-state index < -0.39 is 27.4 Å². The van der Waals surface area contributed by atoms with Crippen molar-refractivity contribution in [1.29, 1.82) is 0 Å². The molecule has 7 nitrogen and oxygen atoms in total. The maximum absolute atomic E-state index is 11.5. The van der Waals surface area contributed by atoms with Crippen molar-refractivity contribution < 1.29 is 23.1 Å². The summed E-state index contributed by atoms with van der Waals surface area (Å²) < 4.78 is 23.7. The smallest absolute Gasteiger partial charge is 0.329 e. The minimum atomic E-state index is -3.42. The lowest BCUT2D eigenvalue weighted by Gasteiger charge is -2.17. The maximum Gasteiger partial charge on any atom is 0.329 e. The fourth-order valence-corrected chi connectivity index (χ4v) is 2.10. The molecule has 0 aromatic rings. The Kier molecular flexibility index (Phi) is 3.78. The molecule has 98 valence electrons. The van der Waals surface area contributed by atoms with Gasteiger partial charge in [0, 0.05) is 7.05 Å². The van der Waals surface area contributed by atoms with Crippen LogP contribution < -0.4 is 5.32 Å². The van der Waals surface area contributed by atoms with Crippen molar-refractivity contribution >= 4 is 21.9 Å². The van der Waals surface area contributed by atoms with Crippen LogP contribution in [0.25, 0.3) is 0 Å². The molecule has 0 radical (unpaired) electrons. The van der Waals surface area contributed by atoms with Gasteiger partial charge in [-0.05, 0) is 19.8 Å². The Hall–Kier alpha value is -1.15. The van der Waals surface area contributed by atoms with Crippen LogP contribution in [0.3, 0.4) is 0 Å². The van der Waals surface area contributed by atoms with E-state index in [2.05, 4.69) is 5.32 Å². The second-order valence-corrected chi connectivity index (χ2v) is 6.46. The standard InChI is InChI=1S/C9H16N2O5S/c1-3-17(15,16)11(2)6-7(12)10-9(4-5-9)8(13)14/h3-6H2,1-2H3,(H,10,12)(H,13,14). The van der Waals surface area contributed by atoms with Crippen LogP contribution in [0.15, 0.2) is 0 Å². The van der Waals surface area contributed by atoms with Crippen LogP contribution in [0.5, 0.6) is 0 Å². The minimum absolute atomic E-state index is 0.0964. The molecule has 0 unspecified atom stereocenters. The molecule has 1 aliphatic rings. The molecule has 0 atom stereocenters. The molecular formula is C9H16N2O5S. The van der Waals surface area contributed by atoms with E-state index >= 15 is 0 Å². The normalized spacial score (nSPS) is 17.8. The van der Waals surface area contributed by atoms with Crippen LogP contribution >= 0.6 is 0 Å². The summed E-state index contributed by atoms with van der Waals surface area (Å²) in [6, 6.07) is 0. The van der Waals surface area contributed by atoms with Crippen molar-refractivity contribution in [3.63, 3.8) is 0 Å². The molecule has 1 aliphatic carbocycles. The summed E-state index contributed by atoms with van der Waals surface area (Å²) in [5, 5.41) is 11.2. The maximum atomic E-state index is 11.5. The number of sulfonamides is 1. The van der Waals surface area contributed by atoms with Gasteiger partial charge in [-0.15, -0.1) is 0 Å². The second-order valence-electron chi connectivity index (χ2n) is 4.09. The molecule has 2 N–H and O–H groups in total. The highest BCUT2D eigenvalue weighted by Gasteiger charge is 2.51. The number of rotatable bonds is 6. The fourth-order valence-electron chi connectivity index (χ4n) is 1.34. The summed E-state index contributed by atoms with van der Waals surface area (Å²) in [6.07, 6.45) is 0.774. The number of carbonyl (C=O) groups is 2. The molecule has 1 saturated carbocycles. The Morgan fingerprint density at radius 1 is 1.41 bits per heavy atom. The molecule has 1 amide bonds. The molecular weight excluding hydrogens is 248 g/mol. The van der Waals surface area contributed by atoms with Crippen molar-refractivity contribution in [2.24, 2.45) is 0 Å². The van der Waals surface area contributed by atoms with Crippen molar-refractivity contribution in [1.82, 2.24) is 9.62 Å². The van der Waals surface area contributed by atoms with Crippen LogP contribution in [0.2, 0.25) is 0 Å². The van der Waals surface area contributed by atoms with Gasteiger partial charge < -0.3 is 10.4 Å². The van der Waals surface area contributed by atoms with E-state index in [0.29, 0.717) is 12.8 Å². The van der Waals surface area contributed by atoms with E-state index in [-0.39, 0.29) is 12.3 Å². The van der Waals surface area contributed by atoms with Gasteiger partial charge >= 0.3 is 5.97 Å². The van der Waals surface area contributed by atoms with E-state index in [1.807, 2.05) is 0 Å². The Bertz CT molecular complexity index is 427. The van der Waals surface area contributed by atoms with Crippen LogP contribution in [0.4, 0.5) is 0 Å². The quantitative estimate of drug-likeness (QED) is 0.640. The first kappa shape index (κ1) is 13.9. The molecule has 0 aromatic heterocycles. The first-order valence-corrected chi connectivity index (χ1v) is 6.83. The highest BCUT2D eigenvalue weighted by atomic mass is 32.2. The highest BCUT2D eigenvalue weighted by molar-refractivity contribution is 7.89. The number of carboxylic acids is 1. The van der Waals surface area contributed by atoms with Gasteiger partial charge in [0.2, 0.25) is 15.9 Å². The predicted molar refractivity (Wildman–Crippen MR) is 59.8 cm³/mol. The highest BCUT2D eigenvalue weighted by Crippen LogP contribution is 2.35. The molecule has 1 fully saturated rings. The number of carbonyl (C=O) groups excluding carboxylic acids is 1. The van der Waals surface area contributed by atoms with E-state index in [0.717, 1.165) is 4.31 Å². The molecule has 0 bridgehead atoms. The molecule has 1 rings (SSSR count). The second kappa shape index (κ2) is 4.61. The van der Waals surface area contributed by atoms with Crippen molar-refractivity contribution in [3.8, 4) is 0 Å². The van der Waals surface area contributed by atoms with Crippen molar-refractivity contribution in [2.45, 2.75) is 25.3 Å². The molecule has 0 aliphatic heterocycles. The Morgan fingerprint density at radius 2 is 1.94 bits per heavy atom. The molecule has 0 spiro atoms. The first-order valence-electron chi connectivity index (χ1n) is 5.22. The first-order chi connectivity index (χ1) is 7.73. The summed E-state index contributed by atoms with van der Waals surface area (Å²) in [4.78, 5) is 22.3. The zero-order valence-corrected chi connectivity index (χ0v) is 10.6. The number of hydrogen-bond acceptors (Lipinski definition) is 4. The Balaban J connectivity index is 2.54. The summed E-state index contributed by atoms with van der Waals surface area (Å²) in [5.74, 6) is -1.77. The zero-order chi connectivity index (χ0) is 13.3. The third-order valence-electron chi connectivity index (χ3n) is 2.74. The summed E-state index contributed by atoms with van der Waals surface area (Å²) >= 11 is 0. The summed E-state index contributed by atoms with van der Waals surface area (Å²) in [5.41, 5.74) is -1.17. The van der Waals surface area contributed by atoms with Crippen molar-refractivity contribution in [3.05, 3.63) is 0 Å². The van der Waals surface area contributed by atoms with Gasteiger partial charge in [0.15, 0.2) is 0 Å². The van der Waals surface area contributed by atoms with Crippen LogP contribution in [0, 0.1) is 0 Å². The minimum Gasteiger partial charge on any atom is -0.480 e. The number of hydrogen-bond donors (Lipinski definition) is 2. The average Bonchev–Trinajstić information content (AvgIpc) is 2.98. The van der Waals surface area contributed by atoms with E-state index in [1.54, 1.807) is 0 Å². The molecule has 0 aromatic carbocycles. The molecule has 8 heteroatoms. The summed E-state index contributed by atoms with van der Waals surface area (Å²) in [6.45, 7) is 1.12. The predicted octanol–water partition coefficient (Wildman–Crippen LogP) is -0.999. The van der Waals surface area contributed by atoms with E-state index in [1.165, 1.54) is 14.0 Å². The number of amides is 1. The SMILES string of the molecule is CCS(=O)(=O)N(C)CC(=O)NC1(C(=O)O)CC1. The van der Waals surface area contributed by atoms with Gasteiger partial charge in [0.1, 0.15) is 5.54 Å². The average molecular weight is 264 g/mol. The Morgan fingerprint density at radius 3 is 2.29 bits per heavy atom. The number of nitrogens with one attached hydrogen (secondary N) is 1. The lowest BCUT2D eigenvalue weighted by atomic mass is 10.3. The van der Waals surface area contributed by atoms with Gasteiger partial charge in [-0.2, -0.15) is 4.31 Å². The number of likely N-dealkylation sites (N-methyl/N-ethyl adjacent to an activating group) is 1. The van der Waals surface area contributed by atoms with Gasteiger partial charge in [0.05, 0.1) is 12.3 Å².